The van der Waals surface area contributed by atoms with Crippen molar-refractivity contribution in [1.29, 1.82) is 0 Å². The van der Waals surface area contributed by atoms with Crippen LogP contribution in [0, 0.1) is 3.95 Å². The quantitative estimate of drug-likeness (QED) is 0.719. The van der Waals surface area contributed by atoms with E-state index < -0.39 is 0 Å². The minimum atomic E-state index is 0.921. The van der Waals surface area contributed by atoms with Crippen molar-refractivity contribution in [3.05, 3.63) is 28.2 Å². The number of para-hydroxylation sites is 1. The first kappa shape index (κ1) is 13.7. The van der Waals surface area contributed by atoms with Crippen molar-refractivity contribution in [1.82, 2.24) is 9.47 Å². The third-order valence-electron chi connectivity index (χ3n) is 2.99. The second-order valence-electron chi connectivity index (χ2n) is 4.52. The third-order valence-corrected chi connectivity index (χ3v) is 4.43. The second-order valence-corrected chi connectivity index (χ2v) is 6.20. The molecule has 98 valence electrons. The summed E-state index contributed by atoms with van der Waals surface area (Å²) < 4.78 is 4.53. The minimum absolute atomic E-state index is 0.921. The van der Waals surface area contributed by atoms with Gasteiger partial charge in [0.15, 0.2) is 3.95 Å². The van der Waals surface area contributed by atoms with E-state index in [0.29, 0.717) is 0 Å². The highest BCUT2D eigenvalue weighted by molar-refractivity contribution is 7.73. The first-order valence-electron chi connectivity index (χ1n) is 6.57. The molecule has 0 spiro atoms. The molecule has 2 nitrogen and oxygen atoms in total. The Morgan fingerprint density at radius 3 is 2.50 bits per heavy atom. The van der Waals surface area contributed by atoms with Gasteiger partial charge in [-0.1, -0.05) is 26.0 Å². The van der Waals surface area contributed by atoms with Crippen LogP contribution < -0.4 is 0 Å². The number of fused-ring (bicyclic) bond motifs is 1. The number of nitrogens with zero attached hydrogens (tertiary/aromatic N) is 2. The minimum Gasteiger partial charge on any atom is -0.309 e. The Labute approximate surface area is 118 Å². The summed E-state index contributed by atoms with van der Waals surface area (Å²) in [6, 6.07) is 8.48. The maximum Gasteiger partial charge on any atom is 0.163 e. The lowest BCUT2D eigenvalue weighted by Crippen LogP contribution is -2.28. The lowest BCUT2D eigenvalue weighted by Gasteiger charge is -2.21. The van der Waals surface area contributed by atoms with E-state index in [1.165, 1.54) is 23.1 Å². The number of benzene rings is 1. The van der Waals surface area contributed by atoms with Crippen molar-refractivity contribution < 1.29 is 0 Å². The van der Waals surface area contributed by atoms with E-state index in [-0.39, 0.29) is 0 Å². The smallest absolute Gasteiger partial charge is 0.163 e. The molecule has 0 amide bonds. The zero-order valence-electron chi connectivity index (χ0n) is 11.1. The van der Waals surface area contributed by atoms with E-state index in [1.54, 1.807) is 11.3 Å². The second kappa shape index (κ2) is 6.45. The predicted molar refractivity (Wildman–Crippen MR) is 82.8 cm³/mol. The van der Waals surface area contributed by atoms with Crippen molar-refractivity contribution in [3.63, 3.8) is 0 Å². The molecule has 0 saturated heterocycles. The molecule has 4 heteroatoms. The molecule has 0 aliphatic heterocycles. The molecule has 18 heavy (non-hydrogen) atoms. The van der Waals surface area contributed by atoms with Crippen LogP contribution in [0.25, 0.3) is 10.2 Å². The van der Waals surface area contributed by atoms with Crippen LogP contribution in [0.4, 0.5) is 0 Å². The monoisotopic (exact) mass is 280 g/mol. The lowest BCUT2D eigenvalue weighted by molar-refractivity contribution is 0.222. The SMILES string of the molecule is CCCN(CCC)Cn1c(=S)sc2ccccc21. The van der Waals surface area contributed by atoms with Gasteiger partial charge in [0.1, 0.15) is 0 Å². The van der Waals surface area contributed by atoms with Crippen molar-refractivity contribution in [3.8, 4) is 0 Å². The van der Waals surface area contributed by atoms with Gasteiger partial charge in [0.25, 0.3) is 0 Å². The van der Waals surface area contributed by atoms with Crippen LogP contribution in [-0.4, -0.2) is 22.6 Å². The van der Waals surface area contributed by atoms with Gasteiger partial charge in [-0.15, -0.1) is 11.3 Å². The number of hydrogen-bond donors (Lipinski definition) is 0. The maximum atomic E-state index is 5.49. The first-order valence-corrected chi connectivity index (χ1v) is 7.79. The Morgan fingerprint density at radius 1 is 1.17 bits per heavy atom. The fraction of sp³-hybridized carbons (Fsp3) is 0.500. The average molecular weight is 280 g/mol. The van der Waals surface area contributed by atoms with Crippen LogP contribution in [-0.2, 0) is 6.67 Å². The third kappa shape index (κ3) is 2.99. The number of rotatable bonds is 6. The van der Waals surface area contributed by atoms with Gasteiger partial charge in [0.2, 0.25) is 0 Å². The Morgan fingerprint density at radius 2 is 1.83 bits per heavy atom. The molecule has 1 aromatic carbocycles. The Balaban J connectivity index is 2.29. The van der Waals surface area contributed by atoms with Gasteiger partial charge in [0, 0.05) is 0 Å². The fourth-order valence-corrected chi connectivity index (χ4v) is 3.54. The zero-order valence-corrected chi connectivity index (χ0v) is 12.7. The Bertz CT molecular complexity index is 550. The standard InChI is InChI=1S/C14H20N2S2/c1-3-9-15(10-4-2)11-16-12-7-5-6-8-13(12)18-14(16)17/h5-8H,3-4,9-11H2,1-2H3. The highest BCUT2D eigenvalue weighted by Crippen LogP contribution is 2.23. The summed E-state index contributed by atoms with van der Waals surface area (Å²) in [5, 5.41) is 0. The maximum absolute atomic E-state index is 5.49. The zero-order chi connectivity index (χ0) is 13.0. The largest absolute Gasteiger partial charge is 0.309 e. The van der Waals surface area contributed by atoms with E-state index in [9.17, 15) is 0 Å². The average Bonchev–Trinajstić information content (AvgIpc) is 2.67. The molecule has 0 radical (unpaired) electrons. The number of aromatic nitrogens is 1. The van der Waals surface area contributed by atoms with Crippen LogP contribution >= 0.6 is 23.6 Å². The topological polar surface area (TPSA) is 8.17 Å². The van der Waals surface area contributed by atoms with E-state index >= 15 is 0 Å². The molecule has 0 bridgehead atoms. The number of thiazole rings is 1. The van der Waals surface area contributed by atoms with E-state index in [4.69, 9.17) is 12.2 Å². The molecule has 2 rings (SSSR count). The van der Waals surface area contributed by atoms with Crippen molar-refractivity contribution in [2.75, 3.05) is 13.1 Å². The van der Waals surface area contributed by atoms with E-state index in [1.807, 2.05) is 0 Å². The first-order chi connectivity index (χ1) is 8.76. The lowest BCUT2D eigenvalue weighted by atomic mass is 10.3. The van der Waals surface area contributed by atoms with Gasteiger partial charge in [-0.25, -0.2) is 0 Å². The fourth-order valence-electron chi connectivity index (χ4n) is 2.23. The molecule has 0 atom stereocenters. The van der Waals surface area contributed by atoms with Crippen LogP contribution in [0.1, 0.15) is 26.7 Å². The van der Waals surface area contributed by atoms with Gasteiger partial charge < -0.3 is 4.57 Å². The Kier molecular flexibility index (Phi) is 4.92. The molecular weight excluding hydrogens is 260 g/mol. The number of hydrogen-bond acceptors (Lipinski definition) is 3. The highest BCUT2D eigenvalue weighted by atomic mass is 32.1. The molecule has 0 aliphatic rings. The molecule has 0 N–H and O–H groups in total. The van der Waals surface area contributed by atoms with Gasteiger partial charge in [-0.05, 0) is 50.3 Å². The van der Waals surface area contributed by atoms with Gasteiger partial charge in [0.05, 0.1) is 16.9 Å². The normalized spacial score (nSPS) is 11.5. The van der Waals surface area contributed by atoms with Crippen LogP contribution in [0.3, 0.4) is 0 Å². The van der Waals surface area contributed by atoms with Crippen molar-refractivity contribution >= 4 is 33.8 Å². The van der Waals surface area contributed by atoms with E-state index in [0.717, 1.165) is 23.7 Å². The van der Waals surface area contributed by atoms with E-state index in [2.05, 4.69) is 47.6 Å². The molecule has 0 aliphatic carbocycles. The van der Waals surface area contributed by atoms with Gasteiger partial charge >= 0.3 is 0 Å². The van der Waals surface area contributed by atoms with Crippen LogP contribution in [0.5, 0.6) is 0 Å². The van der Waals surface area contributed by atoms with Gasteiger partial charge in [-0.3, -0.25) is 4.90 Å². The summed E-state index contributed by atoms with van der Waals surface area (Å²) in [7, 11) is 0. The summed E-state index contributed by atoms with van der Waals surface area (Å²) in [5.41, 5.74) is 1.27. The summed E-state index contributed by atoms with van der Waals surface area (Å²) in [6.07, 6.45) is 2.38. The summed E-state index contributed by atoms with van der Waals surface area (Å²) in [5.74, 6) is 0. The van der Waals surface area contributed by atoms with Gasteiger partial charge in [-0.2, -0.15) is 0 Å². The molecule has 2 aromatic rings. The Hall–Kier alpha value is -0.710. The predicted octanol–water partition coefficient (Wildman–Crippen LogP) is 4.51. The molecule has 0 fully saturated rings. The molecule has 1 aromatic heterocycles. The van der Waals surface area contributed by atoms with Crippen LogP contribution in [0.15, 0.2) is 24.3 Å². The molecule has 0 unspecified atom stereocenters. The van der Waals surface area contributed by atoms with Crippen molar-refractivity contribution in [2.45, 2.75) is 33.4 Å². The summed E-state index contributed by atoms with van der Waals surface area (Å²) >= 11 is 7.20. The molecular formula is C14H20N2S2. The van der Waals surface area contributed by atoms with Crippen molar-refractivity contribution in [2.24, 2.45) is 0 Å². The molecule has 1 heterocycles. The van der Waals surface area contributed by atoms with Crippen LogP contribution in [0.2, 0.25) is 0 Å². The summed E-state index contributed by atoms with van der Waals surface area (Å²) in [6.45, 7) is 7.66. The summed E-state index contributed by atoms with van der Waals surface area (Å²) in [4.78, 5) is 2.48. The highest BCUT2D eigenvalue weighted by Gasteiger charge is 2.08. The molecule has 0 saturated carbocycles.